The number of hydrogen-bond acceptors (Lipinski definition) is 5. The van der Waals surface area contributed by atoms with Gasteiger partial charge in [0.2, 0.25) is 5.95 Å². The van der Waals surface area contributed by atoms with Crippen molar-refractivity contribution in [3.05, 3.63) is 70.0 Å². The molecule has 2 aromatic heterocycles. The number of nitrogens with one attached hydrogen (secondary N) is 1. The van der Waals surface area contributed by atoms with Crippen LogP contribution in [0.2, 0.25) is 10.0 Å². The first-order chi connectivity index (χ1) is 13.7. The fourth-order valence-electron chi connectivity index (χ4n) is 2.82. The van der Waals surface area contributed by atoms with Gasteiger partial charge in [0.1, 0.15) is 0 Å². The van der Waals surface area contributed by atoms with E-state index in [0.717, 1.165) is 0 Å². The van der Waals surface area contributed by atoms with E-state index in [1.807, 2.05) is 0 Å². The van der Waals surface area contributed by atoms with E-state index < -0.39 is 15.8 Å². The SMILES string of the molecule is O=C(O)c1cnn(-c2nc3cc(S(=O)(=O)Cc4cccc(Cl)c4)c(Cl)cc3[nH]2)c1. The van der Waals surface area contributed by atoms with E-state index >= 15 is 0 Å². The van der Waals surface area contributed by atoms with Crippen LogP contribution >= 0.6 is 23.2 Å². The molecule has 11 heteroatoms. The quantitative estimate of drug-likeness (QED) is 0.478. The lowest BCUT2D eigenvalue weighted by molar-refractivity contribution is 0.0697. The molecule has 4 aromatic rings. The molecule has 8 nitrogen and oxygen atoms in total. The van der Waals surface area contributed by atoms with Crippen LogP contribution in [0, 0.1) is 0 Å². The standard InChI is InChI=1S/C18H12Cl2N4O4S/c19-12-3-1-2-10(4-12)9-29(27,28)16-6-15-14(5-13(16)20)22-18(23-15)24-8-11(7-21-24)17(25)26/h1-8H,9H2,(H,22,23)(H,25,26). The van der Waals surface area contributed by atoms with Gasteiger partial charge in [0.25, 0.3) is 0 Å². The van der Waals surface area contributed by atoms with Gasteiger partial charge < -0.3 is 10.1 Å². The molecule has 0 saturated carbocycles. The second-order valence-electron chi connectivity index (χ2n) is 6.23. The molecule has 2 heterocycles. The molecule has 0 aliphatic heterocycles. The number of aromatic nitrogens is 4. The number of imidazole rings is 1. The Morgan fingerprint density at radius 3 is 2.69 bits per heavy atom. The van der Waals surface area contributed by atoms with Gasteiger partial charge in [-0.05, 0) is 29.8 Å². The molecule has 0 unspecified atom stereocenters. The van der Waals surface area contributed by atoms with Crippen molar-refractivity contribution in [3.8, 4) is 5.95 Å². The van der Waals surface area contributed by atoms with E-state index in [2.05, 4.69) is 15.1 Å². The van der Waals surface area contributed by atoms with Gasteiger partial charge in [-0.15, -0.1) is 0 Å². The number of carboxylic acids is 1. The highest BCUT2D eigenvalue weighted by Gasteiger charge is 2.21. The highest BCUT2D eigenvalue weighted by Crippen LogP contribution is 2.29. The van der Waals surface area contributed by atoms with Gasteiger partial charge in [0, 0.05) is 11.2 Å². The third kappa shape index (κ3) is 3.84. The molecule has 0 bridgehead atoms. The number of halogens is 2. The smallest absolute Gasteiger partial charge is 0.338 e. The summed E-state index contributed by atoms with van der Waals surface area (Å²) in [7, 11) is -3.76. The molecule has 4 rings (SSSR count). The van der Waals surface area contributed by atoms with Crippen LogP contribution in [0.3, 0.4) is 0 Å². The zero-order valence-electron chi connectivity index (χ0n) is 14.5. The molecule has 2 N–H and O–H groups in total. The van der Waals surface area contributed by atoms with Crippen LogP contribution in [0.4, 0.5) is 0 Å². The lowest BCUT2D eigenvalue weighted by Crippen LogP contribution is -2.06. The van der Waals surface area contributed by atoms with Gasteiger partial charge in [-0.25, -0.2) is 22.9 Å². The maximum absolute atomic E-state index is 12.9. The molecule has 0 spiro atoms. The molecule has 29 heavy (non-hydrogen) atoms. The first-order valence-electron chi connectivity index (χ1n) is 8.18. The summed E-state index contributed by atoms with van der Waals surface area (Å²) in [4.78, 5) is 18.2. The second kappa shape index (κ2) is 7.18. The summed E-state index contributed by atoms with van der Waals surface area (Å²) in [5.41, 5.74) is 1.36. The number of carboxylic acid groups (broad SMARTS) is 1. The summed E-state index contributed by atoms with van der Waals surface area (Å²) in [5, 5.41) is 13.4. The molecule has 0 aliphatic carbocycles. The molecule has 0 aliphatic rings. The Morgan fingerprint density at radius 2 is 2.00 bits per heavy atom. The number of fused-ring (bicyclic) bond motifs is 1. The fraction of sp³-hybridized carbons (Fsp3) is 0.0556. The maximum Gasteiger partial charge on any atom is 0.338 e. The van der Waals surface area contributed by atoms with Crippen LogP contribution in [0.1, 0.15) is 15.9 Å². The molecule has 0 atom stereocenters. The average Bonchev–Trinajstić information content (AvgIpc) is 3.27. The summed E-state index contributed by atoms with van der Waals surface area (Å²) in [5.74, 6) is -1.16. The minimum Gasteiger partial charge on any atom is -0.478 e. The Morgan fingerprint density at radius 1 is 1.21 bits per heavy atom. The van der Waals surface area contributed by atoms with Gasteiger partial charge in [-0.3, -0.25) is 0 Å². The Bertz CT molecular complexity index is 1360. The van der Waals surface area contributed by atoms with Crippen LogP contribution < -0.4 is 0 Å². The van der Waals surface area contributed by atoms with Gasteiger partial charge in [0.15, 0.2) is 9.84 Å². The van der Waals surface area contributed by atoms with Gasteiger partial charge in [-0.2, -0.15) is 5.10 Å². The summed E-state index contributed by atoms with van der Waals surface area (Å²) >= 11 is 12.2. The van der Waals surface area contributed by atoms with Gasteiger partial charge in [0.05, 0.1) is 38.5 Å². The van der Waals surface area contributed by atoms with Gasteiger partial charge in [-0.1, -0.05) is 35.3 Å². The van der Waals surface area contributed by atoms with Crippen molar-refractivity contribution in [1.82, 2.24) is 19.7 Å². The topological polar surface area (TPSA) is 118 Å². The Balaban J connectivity index is 1.73. The second-order valence-corrected chi connectivity index (χ2v) is 9.03. The monoisotopic (exact) mass is 450 g/mol. The summed E-state index contributed by atoms with van der Waals surface area (Å²) < 4.78 is 27.0. The van der Waals surface area contributed by atoms with Crippen molar-refractivity contribution in [3.63, 3.8) is 0 Å². The third-order valence-corrected chi connectivity index (χ3v) is 6.53. The van der Waals surface area contributed by atoms with Crippen LogP contribution in [-0.4, -0.2) is 39.2 Å². The number of aromatic carboxylic acids is 1. The number of sulfone groups is 1. The number of carbonyl (C=O) groups is 1. The Labute approximate surface area is 174 Å². The molecule has 0 fully saturated rings. The first-order valence-corrected chi connectivity index (χ1v) is 10.6. The van der Waals surface area contributed by atoms with Crippen molar-refractivity contribution >= 4 is 50.0 Å². The summed E-state index contributed by atoms with van der Waals surface area (Å²) in [6, 6.07) is 9.41. The molecule has 0 saturated heterocycles. The molecule has 2 aromatic carbocycles. The lowest BCUT2D eigenvalue weighted by atomic mass is 10.2. The average molecular weight is 451 g/mol. The zero-order chi connectivity index (χ0) is 20.8. The number of rotatable bonds is 5. The van der Waals surface area contributed by atoms with Crippen molar-refractivity contribution in [2.24, 2.45) is 0 Å². The number of hydrogen-bond donors (Lipinski definition) is 2. The van der Waals surface area contributed by atoms with Crippen LogP contribution in [0.5, 0.6) is 0 Å². The molecular formula is C18H12Cl2N4O4S. The highest BCUT2D eigenvalue weighted by atomic mass is 35.5. The minimum absolute atomic E-state index is 0.00622. The molecule has 0 amide bonds. The largest absolute Gasteiger partial charge is 0.478 e. The van der Waals surface area contributed by atoms with Crippen LogP contribution in [-0.2, 0) is 15.6 Å². The van der Waals surface area contributed by atoms with E-state index in [-0.39, 0.29) is 27.2 Å². The fourth-order valence-corrected chi connectivity index (χ4v) is 4.97. The number of benzene rings is 2. The molecule has 148 valence electrons. The van der Waals surface area contributed by atoms with E-state index in [1.165, 1.54) is 29.2 Å². The summed E-state index contributed by atoms with van der Waals surface area (Å²) in [6.07, 6.45) is 2.47. The molecular weight excluding hydrogens is 439 g/mol. The first kappa shape index (κ1) is 19.4. The summed E-state index contributed by atoms with van der Waals surface area (Å²) in [6.45, 7) is 0. The van der Waals surface area contributed by atoms with Crippen molar-refractivity contribution in [2.45, 2.75) is 10.6 Å². The van der Waals surface area contributed by atoms with E-state index in [4.69, 9.17) is 28.3 Å². The molecule has 0 radical (unpaired) electrons. The Hall–Kier alpha value is -2.88. The van der Waals surface area contributed by atoms with E-state index in [1.54, 1.807) is 24.3 Å². The van der Waals surface area contributed by atoms with Crippen LogP contribution in [0.25, 0.3) is 17.0 Å². The lowest BCUT2D eigenvalue weighted by Gasteiger charge is -2.07. The van der Waals surface area contributed by atoms with Crippen LogP contribution in [0.15, 0.2) is 53.7 Å². The predicted molar refractivity (Wildman–Crippen MR) is 108 cm³/mol. The minimum atomic E-state index is -3.76. The van der Waals surface area contributed by atoms with Crippen molar-refractivity contribution in [2.75, 3.05) is 0 Å². The Kier molecular flexibility index (Phi) is 4.81. The van der Waals surface area contributed by atoms with E-state index in [0.29, 0.717) is 21.6 Å². The zero-order valence-corrected chi connectivity index (χ0v) is 16.8. The van der Waals surface area contributed by atoms with Crippen molar-refractivity contribution < 1.29 is 18.3 Å². The predicted octanol–water partition coefficient (Wildman–Crippen LogP) is 3.73. The van der Waals surface area contributed by atoms with Gasteiger partial charge >= 0.3 is 5.97 Å². The maximum atomic E-state index is 12.9. The normalized spacial score (nSPS) is 11.8. The number of aromatic amines is 1. The highest BCUT2D eigenvalue weighted by molar-refractivity contribution is 7.90. The third-order valence-electron chi connectivity index (χ3n) is 4.15. The van der Waals surface area contributed by atoms with E-state index in [9.17, 15) is 13.2 Å². The number of nitrogens with zero attached hydrogens (tertiary/aromatic N) is 3. The van der Waals surface area contributed by atoms with Crippen molar-refractivity contribution in [1.29, 1.82) is 0 Å². The number of H-pyrrole nitrogens is 1.